The van der Waals surface area contributed by atoms with Gasteiger partial charge in [-0.05, 0) is 58.2 Å². The van der Waals surface area contributed by atoms with Crippen molar-refractivity contribution in [2.24, 2.45) is 5.92 Å². The van der Waals surface area contributed by atoms with Gasteiger partial charge in [-0.25, -0.2) is 4.79 Å². The number of rotatable bonds is 5. The van der Waals surface area contributed by atoms with Crippen molar-refractivity contribution >= 4 is 6.09 Å². The minimum Gasteiger partial charge on any atom is -0.459 e. The van der Waals surface area contributed by atoms with Crippen molar-refractivity contribution in [3.8, 4) is 11.7 Å². The van der Waals surface area contributed by atoms with E-state index in [1.54, 1.807) is 30.3 Å². The van der Waals surface area contributed by atoms with E-state index in [-0.39, 0.29) is 6.09 Å². The predicted molar refractivity (Wildman–Crippen MR) is 98.9 cm³/mol. The van der Waals surface area contributed by atoms with Crippen LogP contribution in [-0.2, 0) is 11.3 Å². The maximum Gasteiger partial charge on any atom is 0.410 e. The molecule has 148 valence electrons. The molecule has 0 radical (unpaired) electrons. The summed E-state index contributed by atoms with van der Waals surface area (Å²) in [6.07, 6.45) is 3.46. The van der Waals surface area contributed by atoms with Gasteiger partial charge in [-0.2, -0.15) is 0 Å². The van der Waals surface area contributed by atoms with E-state index in [1.165, 1.54) is 0 Å². The Labute approximate surface area is 159 Å². The number of ether oxygens (including phenoxy) is 1. The highest BCUT2D eigenvalue weighted by atomic mass is 16.6. The molecule has 8 nitrogen and oxygen atoms in total. The topological polar surface area (TPSA) is 84.8 Å². The molecular formula is C19H28N4O4. The first kappa shape index (κ1) is 19.4. The van der Waals surface area contributed by atoms with Crippen LogP contribution in [0.4, 0.5) is 4.79 Å². The normalized spacial score (nSPS) is 18.4. The van der Waals surface area contributed by atoms with Gasteiger partial charge >= 0.3 is 6.09 Å². The van der Waals surface area contributed by atoms with Gasteiger partial charge in [0.15, 0.2) is 5.76 Å². The molecule has 1 atom stereocenters. The molecular weight excluding hydrogens is 348 g/mol. The first-order valence-corrected chi connectivity index (χ1v) is 9.33. The molecule has 0 aliphatic carbocycles. The maximum atomic E-state index is 12.2. The molecule has 1 fully saturated rings. The SMILES string of the molecule is CN(CC1CCCN(Cc2nnc(-c3ccco3)o2)C1)C(=O)OC(C)(C)C. The quantitative estimate of drug-likeness (QED) is 0.790. The van der Waals surface area contributed by atoms with E-state index in [1.807, 2.05) is 20.8 Å². The van der Waals surface area contributed by atoms with E-state index >= 15 is 0 Å². The van der Waals surface area contributed by atoms with Crippen molar-refractivity contribution in [3.63, 3.8) is 0 Å². The van der Waals surface area contributed by atoms with E-state index in [0.717, 1.165) is 25.9 Å². The zero-order valence-corrected chi connectivity index (χ0v) is 16.5. The molecule has 0 aromatic carbocycles. The summed E-state index contributed by atoms with van der Waals surface area (Å²) in [6.45, 7) is 8.76. The Morgan fingerprint density at radius 2 is 2.22 bits per heavy atom. The number of aromatic nitrogens is 2. The lowest BCUT2D eigenvalue weighted by Gasteiger charge is -2.34. The van der Waals surface area contributed by atoms with Crippen LogP contribution in [0.2, 0.25) is 0 Å². The second kappa shape index (κ2) is 8.12. The van der Waals surface area contributed by atoms with Crippen molar-refractivity contribution in [2.75, 3.05) is 26.7 Å². The van der Waals surface area contributed by atoms with E-state index in [0.29, 0.717) is 36.5 Å². The summed E-state index contributed by atoms with van der Waals surface area (Å²) in [7, 11) is 1.79. The van der Waals surface area contributed by atoms with E-state index in [2.05, 4.69) is 15.1 Å². The van der Waals surface area contributed by atoms with Gasteiger partial charge < -0.3 is 18.5 Å². The summed E-state index contributed by atoms with van der Waals surface area (Å²) in [4.78, 5) is 16.1. The summed E-state index contributed by atoms with van der Waals surface area (Å²) >= 11 is 0. The number of likely N-dealkylation sites (tertiary alicyclic amines) is 1. The molecule has 1 amide bonds. The van der Waals surface area contributed by atoms with Crippen LogP contribution in [0.3, 0.4) is 0 Å². The van der Waals surface area contributed by atoms with Crippen molar-refractivity contribution in [1.82, 2.24) is 20.0 Å². The minimum absolute atomic E-state index is 0.278. The van der Waals surface area contributed by atoms with E-state index in [9.17, 15) is 4.79 Å². The van der Waals surface area contributed by atoms with Gasteiger partial charge in [0.25, 0.3) is 5.89 Å². The van der Waals surface area contributed by atoms with Crippen LogP contribution in [-0.4, -0.2) is 58.4 Å². The Bertz CT molecular complexity index is 735. The molecule has 0 bridgehead atoms. The van der Waals surface area contributed by atoms with Crippen LogP contribution in [0.1, 0.15) is 39.5 Å². The zero-order valence-electron chi connectivity index (χ0n) is 16.5. The summed E-state index contributed by atoms with van der Waals surface area (Å²) in [5, 5.41) is 8.16. The van der Waals surface area contributed by atoms with Crippen LogP contribution < -0.4 is 0 Å². The average molecular weight is 376 g/mol. The van der Waals surface area contributed by atoms with Gasteiger partial charge in [0.05, 0.1) is 12.8 Å². The predicted octanol–water partition coefficient (Wildman–Crippen LogP) is 3.41. The number of hydrogen-bond donors (Lipinski definition) is 0. The highest BCUT2D eigenvalue weighted by Crippen LogP contribution is 2.22. The summed E-state index contributed by atoms with van der Waals surface area (Å²) in [6, 6.07) is 3.58. The fraction of sp³-hybridized carbons (Fsp3) is 0.632. The van der Waals surface area contributed by atoms with Gasteiger partial charge in [0, 0.05) is 20.1 Å². The lowest BCUT2D eigenvalue weighted by molar-refractivity contribution is 0.0239. The number of hydrogen-bond acceptors (Lipinski definition) is 7. The average Bonchev–Trinajstić information content (AvgIpc) is 3.24. The fourth-order valence-electron chi connectivity index (χ4n) is 3.25. The molecule has 3 rings (SSSR count). The second-order valence-corrected chi connectivity index (χ2v) is 8.08. The lowest BCUT2D eigenvalue weighted by atomic mass is 9.97. The number of piperidine rings is 1. The van der Waals surface area contributed by atoms with Crippen LogP contribution in [0.25, 0.3) is 11.7 Å². The summed E-state index contributed by atoms with van der Waals surface area (Å²) < 4.78 is 16.4. The van der Waals surface area contributed by atoms with Crippen LogP contribution in [0.5, 0.6) is 0 Å². The number of amides is 1. The standard InChI is InChI=1S/C19H28N4O4/c1-19(2,3)27-18(24)22(4)11-14-7-5-9-23(12-14)13-16-20-21-17(26-16)15-8-6-10-25-15/h6,8,10,14H,5,7,9,11-13H2,1-4H3. The Morgan fingerprint density at radius 1 is 1.41 bits per heavy atom. The first-order valence-electron chi connectivity index (χ1n) is 9.33. The highest BCUT2D eigenvalue weighted by molar-refractivity contribution is 5.67. The molecule has 0 N–H and O–H groups in total. The molecule has 8 heteroatoms. The molecule has 27 heavy (non-hydrogen) atoms. The van der Waals surface area contributed by atoms with Crippen molar-refractivity contribution in [2.45, 2.75) is 45.8 Å². The molecule has 2 aromatic rings. The van der Waals surface area contributed by atoms with E-state index in [4.69, 9.17) is 13.6 Å². The number of furan rings is 1. The number of carbonyl (C=O) groups excluding carboxylic acids is 1. The van der Waals surface area contributed by atoms with Crippen molar-refractivity contribution in [1.29, 1.82) is 0 Å². The smallest absolute Gasteiger partial charge is 0.410 e. The Balaban J connectivity index is 1.51. The van der Waals surface area contributed by atoms with Gasteiger partial charge in [0.1, 0.15) is 5.60 Å². The second-order valence-electron chi connectivity index (χ2n) is 8.08. The number of nitrogens with zero attached hydrogens (tertiary/aromatic N) is 4. The van der Waals surface area contributed by atoms with Gasteiger partial charge in [-0.1, -0.05) is 0 Å². The minimum atomic E-state index is -0.479. The molecule has 1 saturated heterocycles. The number of carbonyl (C=O) groups is 1. The Kier molecular flexibility index (Phi) is 5.84. The molecule has 0 spiro atoms. The monoisotopic (exact) mass is 376 g/mol. The Morgan fingerprint density at radius 3 is 2.93 bits per heavy atom. The zero-order chi connectivity index (χ0) is 19.4. The molecule has 0 saturated carbocycles. The molecule has 2 aromatic heterocycles. The van der Waals surface area contributed by atoms with Gasteiger partial charge in [-0.15, -0.1) is 10.2 Å². The van der Waals surface area contributed by atoms with Gasteiger partial charge in [0.2, 0.25) is 5.89 Å². The van der Waals surface area contributed by atoms with Crippen LogP contribution in [0, 0.1) is 5.92 Å². The fourth-order valence-corrected chi connectivity index (χ4v) is 3.25. The highest BCUT2D eigenvalue weighted by Gasteiger charge is 2.26. The van der Waals surface area contributed by atoms with Gasteiger partial charge in [-0.3, -0.25) is 4.90 Å². The first-order chi connectivity index (χ1) is 12.8. The molecule has 1 aliphatic rings. The third kappa shape index (κ3) is 5.56. The summed E-state index contributed by atoms with van der Waals surface area (Å²) in [5.41, 5.74) is -0.479. The van der Waals surface area contributed by atoms with E-state index < -0.39 is 5.60 Å². The molecule has 3 heterocycles. The van der Waals surface area contributed by atoms with Crippen LogP contribution in [0.15, 0.2) is 27.2 Å². The lowest BCUT2D eigenvalue weighted by Crippen LogP contribution is -2.42. The Hall–Kier alpha value is -2.35. The molecule has 1 unspecified atom stereocenters. The van der Waals surface area contributed by atoms with Crippen LogP contribution >= 0.6 is 0 Å². The molecule has 1 aliphatic heterocycles. The van der Waals surface area contributed by atoms with Crippen molar-refractivity contribution < 1.29 is 18.4 Å². The maximum absolute atomic E-state index is 12.2. The largest absolute Gasteiger partial charge is 0.459 e. The van der Waals surface area contributed by atoms with Crippen molar-refractivity contribution in [3.05, 3.63) is 24.3 Å². The third-order valence-corrected chi connectivity index (χ3v) is 4.40. The third-order valence-electron chi connectivity index (χ3n) is 4.40. The summed E-state index contributed by atoms with van der Waals surface area (Å²) in [5.74, 6) is 1.93.